The van der Waals surface area contributed by atoms with Crippen molar-refractivity contribution in [2.45, 2.75) is 12.8 Å². The first-order valence-corrected chi connectivity index (χ1v) is 12.5. The van der Waals surface area contributed by atoms with Gasteiger partial charge < -0.3 is 4.40 Å². The number of para-hydroxylation sites is 2. The quantitative estimate of drug-likeness (QED) is 0.207. The van der Waals surface area contributed by atoms with Gasteiger partial charge in [0.05, 0.1) is 16.6 Å². The van der Waals surface area contributed by atoms with Crippen molar-refractivity contribution in [1.82, 2.24) is 4.40 Å². The Morgan fingerprint density at radius 1 is 0.486 bits per heavy atom. The number of hydrogen-bond donors (Lipinski definition) is 0. The summed E-state index contributed by atoms with van der Waals surface area (Å²) in [5, 5.41) is 5.38. The van der Waals surface area contributed by atoms with Crippen LogP contribution in [0.3, 0.4) is 0 Å². The molecule has 9 rings (SSSR count). The summed E-state index contributed by atoms with van der Waals surface area (Å²) in [6, 6.07) is 38.5. The highest BCUT2D eigenvalue weighted by Gasteiger charge is 2.29. The van der Waals surface area contributed by atoms with Gasteiger partial charge in [0.2, 0.25) is 0 Å². The maximum atomic E-state index is 2.45. The van der Waals surface area contributed by atoms with Crippen molar-refractivity contribution in [1.29, 1.82) is 0 Å². The molecule has 0 aliphatic heterocycles. The molecular formula is C34H21N. The number of pyridine rings is 1. The van der Waals surface area contributed by atoms with Gasteiger partial charge in [0.1, 0.15) is 0 Å². The van der Waals surface area contributed by atoms with Crippen LogP contribution >= 0.6 is 0 Å². The molecule has 0 fully saturated rings. The van der Waals surface area contributed by atoms with E-state index in [0.717, 1.165) is 12.8 Å². The summed E-state index contributed by atoms with van der Waals surface area (Å²) < 4.78 is 2.45. The van der Waals surface area contributed by atoms with Crippen molar-refractivity contribution in [3.63, 3.8) is 0 Å². The molecule has 35 heavy (non-hydrogen) atoms. The number of aromatic nitrogens is 1. The van der Waals surface area contributed by atoms with Gasteiger partial charge in [-0.05, 0) is 75.5 Å². The van der Waals surface area contributed by atoms with Gasteiger partial charge in [-0.15, -0.1) is 0 Å². The minimum Gasteiger partial charge on any atom is -0.309 e. The minimum atomic E-state index is 1.03. The highest BCUT2D eigenvalue weighted by atomic mass is 14.9. The zero-order valence-corrected chi connectivity index (χ0v) is 19.2. The average Bonchev–Trinajstić information content (AvgIpc) is 3.59. The van der Waals surface area contributed by atoms with Gasteiger partial charge in [-0.1, -0.05) is 84.9 Å². The van der Waals surface area contributed by atoms with E-state index in [0.29, 0.717) is 0 Å². The fourth-order valence-electron chi connectivity index (χ4n) is 6.99. The Morgan fingerprint density at radius 3 is 2.17 bits per heavy atom. The topological polar surface area (TPSA) is 4.41 Å². The van der Waals surface area contributed by atoms with Crippen molar-refractivity contribution in [3.8, 4) is 22.3 Å². The monoisotopic (exact) mass is 443 g/mol. The summed E-state index contributed by atoms with van der Waals surface area (Å²) in [7, 11) is 0. The second kappa shape index (κ2) is 6.20. The molecule has 0 N–H and O–H groups in total. The van der Waals surface area contributed by atoms with E-state index in [1.165, 1.54) is 82.6 Å². The molecule has 0 spiro atoms. The number of hydrogen-bond acceptors (Lipinski definition) is 0. The van der Waals surface area contributed by atoms with E-state index in [-0.39, 0.29) is 0 Å². The lowest BCUT2D eigenvalue weighted by atomic mass is 9.93. The summed E-state index contributed by atoms with van der Waals surface area (Å²) in [5.74, 6) is 0. The molecule has 1 nitrogen and oxygen atoms in total. The molecular weight excluding hydrogens is 422 g/mol. The molecule has 0 radical (unpaired) electrons. The van der Waals surface area contributed by atoms with E-state index in [1.54, 1.807) is 0 Å². The molecule has 5 aromatic carbocycles. The van der Waals surface area contributed by atoms with Gasteiger partial charge in [-0.25, -0.2) is 0 Å². The summed E-state index contributed by atoms with van der Waals surface area (Å²) in [4.78, 5) is 0. The fourth-order valence-corrected chi connectivity index (χ4v) is 6.99. The lowest BCUT2D eigenvalue weighted by Gasteiger charge is -2.14. The van der Waals surface area contributed by atoms with Crippen LogP contribution in [0.25, 0.3) is 60.3 Å². The van der Waals surface area contributed by atoms with E-state index in [1.807, 2.05) is 0 Å². The predicted octanol–water partition coefficient (Wildman–Crippen LogP) is 8.54. The van der Waals surface area contributed by atoms with Crippen molar-refractivity contribution < 1.29 is 0 Å². The highest BCUT2D eigenvalue weighted by Crippen LogP contribution is 2.50. The molecule has 0 amide bonds. The first-order chi connectivity index (χ1) is 17.4. The normalized spacial score (nSPS) is 13.5. The van der Waals surface area contributed by atoms with Crippen molar-refractivity contribution in [3.05, 3.63) is 125 Å². The summed E-state index contributed by atoms with van der Waals surface area (Å²) in [6.45, 7) is 0. The zero-order valence-electron chi connectivity index (χ0n) is 19.2. The average molecular weight is 444 g/mol. The van der Waals surface area contributed by atoms with Crippen molar-refractivity contribution >= 4 is 38.1 Å². The Balaban J connectivity index is 1.44. The SMILES string of the molecule is c1ccc2c(c1)Cc1c-2ccc2c1Cc1ccc3c(c1-2)c1ccccc1n1c2ccccc2cc31. The van der Waals surface area contributed by atoms with Gasteiger partial charge >= 0.3 is 0 Å². The molecule has 0 bridgehead atoms. The minimum absolute atomic E-state index is 1.03. The van der Waals surface area contributed by atoms with Crippen LogP contribution in [0.1, 0.15) is 22.3 Å². The van der Waals surface area contributed by atoms with Gasteiger partial charge in [-0.3, -0.25) is 0 Å². The maximum absolute atomic E-state index is 2.45. The van der Waals surface area contributed by atoms with E-state index in [2.05, 4.69) is 108 Å². The van der Waals surface area contributed by atoms with Crippen LogP contribution in [0.2, 0.25) is 0 Å². The van der Waals surface area contributed by atoms with E-state index in [9.17, 15) is 0 Å². The third-order valence-corrected chi connectivity index (χ3v) is 8.44. The van der Waals surface area contributed by atoms with Crippen LogP contribution in [0.4, 0.5) is 0 Å². The first-order valence-electron chi connectivity index (χ1n) is 12.5. The molecule has 2 heterocycles. The Bertz CT molecular complexity index is 2050. The first kappa shape index (κ1) is 18.0. The van der Waals surface area contributed by atoms with Crippen molar-refractivity contribution in [2.24, 2.45) is 0 Å². The molecule has 162 valence electrons. The van der Waals surface area contributed by atoms with Gasteiger partial charge in [0, 0.05) is 21.5 Å². The summed E-state index contributed by atoms with van der Waals surface area (Å²) >= 11 is 0. The van der Waals surface area contributed by atoms with E-state index < -0.39 is 0 Å². The number of benzene rings is 5. The standard InChI is InChI=1S/C34H21N/c1-3-9-23-20(7-1)17-28-24(23)15-16-25-29(28)18-22-13-14-27-32-19-21-8-2-5-11-30(21)35(32)31-12-6-4-10-26(31)34(27)33(22)25/h1-16,19H,17-18H2. The zero-order chi connectivity index (χ0) is 22.7. The van der Waals surface area contributed by atoms with E-state index in [4.69, 9.17) is 0 Å². The number of nitrogens with zero attached hydrogens (tertiary/aromatic N) is 1. The maximum Gasteiger partial charge on any atom is 0.0547 e. The second-order valence-electron chi connectivity index (χ2n) is 10.1. The molecule has 2 aliphatic rings. The molecule has 7 aromatic rings. The molecule has 0 saturated heterocycles. The van der Waals surface area contributed by atoms with Crippen LogP contribution in [0.15, 0.2) is 103 Å². The summed E-state index contributed by atoms with van der Waals surface area (Å²) in [5.41, 5.74) is 15.6. The van der Waals surface area contributed by atoms with E-state index >= 15 is 0 Å². The third kappa shape index (κ3) is 2.15. The molecule has 0 atom stereocenters. The predicted molar refractivity (Wildman–Crippen MR) is 146 cm³/mol. The van der Waals surface area contributed by atoms with Crippen LogP contribution in [-0.4, -0.2) is 4.40 Å². The summed E-state index contributed by atoms with van der Waals surface area (Å²) in [6.07, 6.45) is 2.08. The van der Waals surface area contributed by atoms with Crippen molar-refractivity contribution in [2.75, 3.05) is 0 Å². The largest absolute Gasteiger partial charge is 0.309 e. The van der Waals surface area contributed by atoms with Gasteiger partial charge in [-0.2, -0.15) is 0 Å². The van der Waals surface area contributed by atoms with Crippen LogP contribution in [0.5, 0.6) is 0 Å². The highest BCUT2D eigenvalue weighted by molar-refractivity contribution is 6.21. The molecule has 0 unspecified atom stereocenters. The fraction of sp³-hybridized carbons (Fsp3) is 0.0588. The number of rotatable bonds is 0. The number of fused-ring (bicyclic) bond motifs is 16. The Kier molecular flexibility index (Phi) is 3.19. The van der Waals surface area contributed by atoms with Gasteiger partial charge in [0.25, 0.3) is 0 Å². The Hall–Kier alpha value is -4.36. The smallest absolute Gasteiger partial charge is 0.0547 e. The third-order valence-electron chi connectivity index (χ3n) is 8.44. The Labute approximate surface area is 202 Å². The molecule has 1 heteroatoms. The lowest BCUT2D eigenvalue weighted by molar-refractivity contribution is 1.16. The van der Waals surface area contributed by atoms with Crippen LogP contribution in [0, 0.1) is 0 Å². The molecule has 2 aromatic heterocycles. The van der Waals surface area contributed by atoms with Crippen LogP contribution in [-0.2, 0) is 12.8 Å². The lowest BCUT2D eigenvalue weighted by Crippen LogP contribution is -1.93. The Morgan fingerprint density at radius 2 is 1.20 bits per heavy atom. The second-order valence-corrected chi connectivity index (χ2v) is 10.1. The molecule has 2 aliphatic carbocycles. The van der Waals surface area contributed by atoms with Crippen LogP contribution < -0.4 is 0 Å². The molecule has 0 saturated carbocycles. The van der Waals surface area contributed by atoms with Gasteiger partial charge in [0.15, 0.2) is 0 Å².